The fourth-order valence-corrected chi connectivity index (χ4v) is 3.91. The maximum atomic E-state index is 12.5. The summed E-state index contributed by atoms with van der Waals surface area (Å²) in [5, 5.41) is 2.71. The topological polar surface area (TPSA) is 81.7 Å². The van der Waals surface area contributed by atoms with Crippen LogP contribution in [0.3, 0.4) is 0 Å². The van der Waals surface area contributed by atoms with E-state index < -0.39 is 0 Å². The molecule has 158 valence electrons. The molecule has 1 aromatic carbocycles. The lowest BCUT2D eigenvalue weighted by molar-refractivity contribution is -0.130. The van der Waals surface area contributed by atoms with Crippen molar-refractivity contribution in [2.24, 2.45) is 0 Å². The molecule has 1 N–H and O–H groups in total. The van der Waals surface area contributed by atoms with Crippen LogP contribution in [-0.2, 0) is 4.79 Å². The van der Waals surface area contributed by atoms with E-state index in [0.717, 1.165) is 37.9 Å². The summed E-state index contributed by atoms with van der Waals surface area (Å²) in [4.78, 5) is 40.1. The smallest absolute Gasteiger partial charge is 0.251 e. The number of hydrogen-bond acceptors (Lipinski definition) is 6. The van der Waals surface area contributed by atoms with Gasteiger partial charge in [-0.3, -0.25) is 9.59 Å². The summed E-state index contributed by atoms with van der Waals surface area (Å²) in [6.45, 7) is 4.71. The Balaban J connectivity index is 1.27. The highest BCUT2D eigenvalue weighted by molar-refractivity contribution is 5.96. The van der Waals surface area contributed by atoms with Gasteiger partial charge in [0.05, 0.1) is 6.54 Å². The Morgan fingerprint density at radius 1 is 0.867 bits per heavy atom. The number of carbonyl (C=O) groups is 2. The molecule has 2 amide bonds. The fourth-order valence-electron chi connectivity index (χ4n) is 3.91. The van der Waals surface area contributed by atoms with E-state index in [2.05, 4.69) is 20.1 Å². The minimum absolute atomic E-state index is 0.0142. The summed E-state index contributed by atoms with van der Waals surface area (Å²) in [6.07, 6.45) is 5.48. The molecule has 0 unspecified atom stereocenters. The lowest BCUT2D eigenvalue weighted by atomic mass is 10.1. The van der Waals surface area contributed by atoms with Crippen LogP contribution in [0.4, 0.5) is 11.8 Å². The third-order valence-electron chi connectivity index (χ3n) is 5.66. The zero-order valence-corrected chi connectivity index (χ0v) is 17.2. The Labute approximate surface area is 176 Å². The zero-order valence-electron chi connectivity index (χ0n) is 17.2. The molecule has 0 bridgehead atoms. The number of nitrogens with zero attached hydrogens (tertiary/aromatic N) is 5. The second kappa shape index (κ2) is 9.56. The molecular formula is C22H28N6O2. The lowest BCUT2D eigenvalue weighted by Gasteiger charge is -2.36. The first-order valence-corrected chi connectivity index (χ1v) is 10.6. The van der Waals surface area contributed by atoms with Gasteiger partial charge in [-0.05, 0) is 37.5 Å². The van der Waals surface area contributed by atoms with Crippen LogP contribution in [0.25, 0.3) is 0 Å². The highest BCUT2D eigenvalue weighted by Gasteiger charge is 2.23. The lowest BCUT2D eigenvalue weighted by Crippen LogP contribution is -2.51. The predicted octanol–water partition coefficient (Wildman–Crippen LogP) is 1.55. The second-order valence-corrected chi connectivity index (χ2v) is 7.68. The Hall–Kier alpha value is -3.16. The molecule has 30 heavy (non-hydrogen) atoms. The molecule has 2 aliphatic rings. The largest absolute Gasteiger partial charge is 0.353 e. The molecule has 8 nitrogen and oxygen atoms in total. The van der Waals surface area contributed by atoms with Gasteiger partial charge in [0.15, 0.2) is 0 Å². The van der Waals surface area contributed by atoms with E-state index in [4.69, 9.17) is 4.98 Å². The van der Waals surface area contributed by atoms with Crippen molar-refractivity contribution in [3.05, 3.63) is 48.2 Å². The summed E-state index contributed by atoms with van der Waals surface area (Å²) in [6, 6.07) is 10.9. The van der Waals surface area contributed by atoms with Crippen LogP contribution in [0, 0.1) is 0 Å². The van der Waals surface area contributed by atoms with Crippen molar-refractivity contribution in [3.8, 4) is 0 Å². The van der Waals surface area contributed by atoms with Crippen molar-refractivity contribution in [3.63, 3.8) is 0 Å². The van der Waals surface area contributed by atoms with E-state index in [0.29, 0.717) is 18.7 Å². The second-order valence-electron chi connectivity index (χ2n) is 7.68. The van der Waals surface area contributed by atoms with Crippen molar-refractivity contribution in [2.45, 2.75) is 19.3 Å². The number of nitrogens with one attached hydrogen (secondary N) is 1. The van der Waals surface area contributed by atoms with E-state index >= 15 is 0 Å². The van der Waals surface area contributed by atoms with Crippen LogP contribution in [0.15, 0.2) is 42.6 Å². The molecule has 4 rings (SSSR count). The van der Waals surface area contributed by atoms with Gasteiger partial charge in [0, 0.05) is 51.0 Å². The molecular weight excluding hydrogens is 380 g/mol. The van der Waals surface area contributed by atoms with Crippen molar-refractivity contribution in [1.82, 2.24) is 20.2 Å². The first kappa shape index (κ1) is 20.1. The van der Waals surface area contributed by atoms with E-state index in [-0.39, 0.29) is 18.4 Å². The van der Waals surface area contributed by atoms with Gasteiger partial charge in [-0.25, -0.2) is 4.98 Å². The number of amides is 2. The summed E-state index contributed by atoms with van der Waals surface area (Å²) in [7, 11) is 0. The summed E-state index contributed by atoms with van der Waals surface area (Å²) in [5.41, 5.74) is 0.559. The third kappa shape index (κ3) is 4.87. The van der Waals surface area contributed by atoms with Gasteiger partial charge in [-0.15, -0.1) is 0 Å². The van der Waals surface area contributed by atoms with Crippen LogP contribution >= 0.6 is 0 Å². The maximum Gasteiger partial charge on any atom is 0.251 e. The summed E-state index contributed by atoms with van der Waals surface area (Å²) in [5.74, 6) is 1.42. The number of piperazine rings is 1. The van der Waals surface area contributed by atoms with Crippen molar-refractivity contribution in [2.75, 3.05) is 55.6 Å². The van der Waals surface area contributed by atoms with Crippen LogP contribution in [0.5, 0.6) is 0 Å². The quantitative estimate of drug-likeness (QED) is 0.808. The van der Waals surface area contributed by atoms with E-state index in [9.17, 15) is 9.59 Å². The molecule has 2 aliphatic heterocycles. The Morgan fingerprint density at radius 3 is 2.33 bits per heavy atom. The van der Waals surface area contributed by atoms with Crippen LogP contribution < -0.4 is 15.1 Å². The molecule has 0 spiro atoms. The molecule has 0 radical (unpaired) electrons. The molecule has 8 heteroatoms. The highest BCUT2D eigenvalue weighted by atomic mass is 16.2. The van der Waals surface area contributed by atoms with Crippen LogP contribution in [-0.4, -0.2) is 72.5 Å². The molecule has 2 saturated heterocycles. The normalized spacial score (nSPS) is 17.0. The number of benzene rings is 1. The van der Waals surface area contributed by atoms with E-state index in [1.54, 1.807) is 29.2 Å². The van der Waals surface area contributed by atoms with E-state index in [1.807, 2.05) is 18.3 Å². The summed E-state index contributed by atoms with van der Waals surface area (Å²) < 4.78 is 0. The van der Waals surface area contributed by atoms with Crippen molar-refractivity contribution in [1.29, 1.82) is 0 Å². The molecule has 1 aromatic heterocycles. The van der Waals surface area contributed by atoms with Gasteiger partial charge in [0.1, 0.15) is 5.82 Å². The molecule has 0 atom stereocenters. The number of aromatic nitrogens is 2. The van der Waals surface area contributed by atoms with Crippen molar-refractivity contribution < 1.29 is 9.59 Å². The van der Waals surface area contributed by atoms with Gasteiger partial charge in [0.2, 0.25) is 11.9 Å². The van der Waals surface area contributed by atoms with Gasteiger partial charge in [-0.1, -0.05) is 18.2 Å². The number of rotatable bonds is 5. The standard InChI is InChI=1S/C22H28N6O2/c29-20(17-24-21(30)18-7-3-1-4-8-18)27-15-13-26(14-16-27)19-9-10-23-22(25-19)28-11-5-2-6-12-28/h1,3-4,7-10H,2,5-6,11-17H2,(H,24,30). The average Bonchev–Trinajstić information content (AvgIpc) is 2.83. The summed E-state index contributed by atoms with van der Waals surface area (Å²) >= 11 is 0. The first-order valence-electron chi connectivity index (χ1n) is 10.6. The van der Waals surface area contributed by atoms with Gasteiger partial charge in [-0.2, -0.15) is 4.98 Å². The highest BCUT2D eigenvalue weighted by Crippen LogP contribution is 2.19. The minimum Gasteiger partial charge on any atom is -0.353 e. The first-order chi connectivity index (χ1) is 14.7. The van der Waals surface area contributed by atoms with E-state index in [1.165, 1.54) is 19.3 Å². The fraction of sp³-hybridized carbons (Fsp3) is 0.455. The van der Waals surface area contributed by atoms with Gasteiger partial charge in [0.25, 0.3) is 5.91 Å². The van der Waals surface area contributed by atoms with Crippen LogP contribution in [0.1, 0.15) is 29.6 Å². The Bertz CT molecular complexity index is 861. The predicted molar refractivity (Wildman–Crippen MR) is 116 cm³/mol. The van der Waals surface area contributed by atoms with Crippen molar-refractivity contribution >= 4 is 23.6 Å². The number of carbonyl (C=O) groups excluding carboxylic acids is 2. The Kier molecular flexibility index (Phi) is 6.41. The molecule has 2 fully saturated rings. The van der Waals surface area contributed by atoms with Gasteiger partial charge < -0.3 is 20.0 Å². The number of anilines is 2. The number of piperidine rings is 1. The SMILES string of the molecule is O=C(NCC(=O)N1CCN(c2ccnc(N3CCCCC3)n2)CC1)c1ccccc1. The van der Waals surface area contributed by atoms with Crippen LogP contribution in [0.2, 0.25) is 0 Å². The average molecular weight is 409 g/mol. The monoisotopic (exact) mass is 408 g/mol. The molecule has 0 saturated carbocycles. The zero-order chi connectivity index (χ0) is 20.8. The molecule has 0 aliphatic carbocycles. The third-order valence-corrected chi connectivity index (χ3v) is 5.66. The number of hydrogen-bond donors (Lipinski definition) is 1. The van der Waals surface area contributed by atoms with Gasteiger partial charge >= 0.3 is 0 Å². The Morgan fingerprint density at radius 2 is 1.60 bits per heavy atom. The molecule has 3 heterocycles. The maximum absolute atomic E-state index is 12.5. The molecule has 2 aromatic rings. The minimum atomic E-state index is -0.228.